The van der Waals surface area contributed by atoms with Crippen molar-refractivity contribution in [2.75, 3.05) is 59.7 Å². The summed E-state index contributed by atoms with van der Waals surface area (Å²) in [7, 11) is 10.5. The van der Waals surface area contributed by atoms with Gasteiger partial charge < -0.3 is 24.5 Å². The molecule has 0 aromatic heterocycles. The minimum Gasteiger partial charge on any atom is -0.345 e. The monoisotopic (exact) mass is 1250 g/mol. The SMILES string of the molecule is CN(c1ccccc1)c1cc2ccccc2c2ccccc12.CN(c1ccccc1)c1ccc2c3cccc4cccc(c5cccc1c52)c43.Cc1ccc(N(C)c2ccc(C)cc2)cc1.Cc1ccc(N(C)c2ccccc2)cc1.Cc1cccc(N(C)c2ccccc2)c1. The van der Waals surface area contributed by atoms with Crippen LogP contribution < -0.4 is 24.5 Å². The molecule has 96 heavy (non-hydrogen) atoms. The lowest BCUT2D eigenvalue weighted by atomic mass is 9.89. The van der Waals surface area contributed by atoms with Crippen LogP contribution in [0.1, 0.15) is 22.3 Å². The molecule has 5 nitrogen and oxygen atoms in total. The third-order valence-electron chi connectivity index (χ3n) is 18.2. The van der Waals surface area contributed by atoms with E-state index in [1.165, 1.54) is 144 Å². The van der Waals surface area contributed by atoms with Crippen LogP contribution in [0.15, 0.2) is 340 Å². The standard InChI is InChI=1S/C27H19N.C21H17N.C15H17N.2C14H15N/c1-28(19-10-3-2-4-11-19)25-17-16-23-21-13-6-9-18-8-5-12-20(26(18)21)22-14-7-15-24(25)27(22)23;1-22(17-10-3-2-4-11-17)21-15-16-9-5-6-12-18(16)19-13-7-8-14-20(19)21;1-12-4-8-14(9-5-12)16(3)15-10-6-13(2)7-11-15;1-12-7-6-10-14(11-12)15(2)13-8-4-3-5-9-13;1-12-8-10-14(11-9-12)15(2)13-6-4-3-5-7-13/h2-17H,1H3;2-15H,1H3;4-11H,1-3H3;2*3-11H,1-2H3. The Morgan fingerprint density at radius 3 is 0.948 bits per heavy atom. The number of anilines is 10. The van der Waals surface area contributed by atoms with E-state index in [9.17, 15) is 0 Å². The van der Waals surface area contributed by atoms with Crippen molar-refractivity contribution in [3.05, 3.63) is 362 Å². The van der Waals surface area contributed by atoms with Crippen molar-refractivity contribution in [2.45, 2.75) is 27.7 Å². The van der Waals surface area contributed by atoms with Crippen LogP contribution >= 0.6 is 0 Å². The van der Waals surface area contributed by atoms with Crippen molar-refractivity contribution >= 4 is 122 Å². The summed E-state index contributed by atoms with van der Waals surface area (Å²) in [5.41, 5.74) is 17.3. The van der Waals surface area contributed by atoms with Gasteiger partial charge in [0.15, 0.2) is 0 Å². The van der Waals surface area contributed by atoms with Gasteiger partial charge in [0.25, 0.3) is 0 Å². The molecule has 0 fully saturated rings. The van der Waals surface area contributed by atoms with Gasteiger partial charge in [-0.2, -0.15) is 0 Å². The van der Waals surface area contributed by atoms with Crippen molar-refractivity contribution < 1.29 is 0 Å². The van der Waals surface area contributed by atoms with Gasteiger partial charge >= 0.3 is 0 Å². The number of nitrogens with zero attached hydrogens (tertiary/aromatic N) is 5. The Labute approximate surface area is 567 Å². The van der Waals surface area contributed by atoms with Crippen molar-refractivity contribution in [3.8, 4) is 0 Å². The predicted octanol–water partition coefficient (Wildman–Crippen LogP) is 24.9. The van der Waals surface area contributed by atoms with E-state index in [4.69, 9.17) is 0 Å². The molecule has 5 heteroatoms. The maximum absolute atomic E-state index is 2.30. The van der Waals surface area contributed by atoms with Crippen LogP contribution in [0.25, 0.3) is 64.6 Å². The summed E-state index contributed by atoms with van der Waals surface area (Å²) in [5, 5.41) is 15.9. The zero-order valence-corrected chi connectivity index (χ0v) is 56.6. The Balaban J connectivity index is 0.000000118. The molecule has 16 aromatic rings. The third kappa shape index (κ3) is 14.6. The van der Waals surface area contributed by atoms with Crippen molar-refractivity contribution in [1.29, 1.82) is 0 Å². The lowest BCUT2D eigenvalue weighted by Gasteiger charge is -2.23. The van der Waals surface area contributed by atoms with Crippen molar-refractivity contribution in [2.24, 2.45) is 0 Å². The highest BCUT2D eigenvalue weighted by atomic mass is 15.1. The number of hydrogen-bond acceptors (Lipinski definition) is 5. The maximum atomic E-state index is 2.30. The molecule has 16 rings (SSSR count). The largest absolute Gasteiger partial charge is 0.345 e. The predicted molar refractivity (Wildman–Crippen MR) is 420 cm³/mol. The van der Waals surface area contributed by atoms with Crippen LogP contribution in [-0.4, -0.2) is 35.2 Å². The van der Waals surface area contributed by atoms with Gasteiger partial charge in [-0.1, -0.05) is 247 Å². The molecule has 0 bridgehead atoms. The number of benzene rings is 16. The summed E-state index contributed by atoms with van der Waals surface area (Å²) in [6, 6.07) is 120. The Morgan fingerprint density at radius 1 is 0.167 bits per heavy atom. The van der Waals surface area contributed by atoms with Gasteiger partial charge in [0.2, 0.25) is 0 Å². The normalized spacial score (nSPS) is 10.8. The lowest BCUT2D eigenvalue weighted by molar-refractivity contribution is 1.20. The first-order chi connectivity index (χ1) is 46.9. The van der Waals surface area contributed by atoms with E-state index in [0.717, 1.165) is 0 Å². The fourth-order valence-electron chi connectivity index (χ4n) is 12.7. The van der Waals surface area contributed by atoms with Crippen molar-refractivity contribution in [1.82, 2.24) is 0 Å². The summed E-state index contributed by atoms with van der Waals surface area (Å²) < 4.78 is 0. The molecule has 472 valence electrons. The molecule has 0 spiro atoms. The molecule has 0 aliphatic carbocycles. The summed E-state index contributed by atoms with van der Waals surface area (Å²) in [6.07, 6.45) is 0. The van der Waals surface area contributed by atoms with Gasteiger partial charge in [0, 0.05) is 103 Å². The smallest absolute Gasteiger partial charge is 0.0494 e. The summed E-state index contributed by atoms with van der Waals surface area (Å²) >= 11 is 0. The summed E-state index contributed by atoms with van der Waals surface area (Å²) in [4.78, 5) is 11.1. The van der Waals surface area contributed by atoms with Crippen LogP contribution in [0, 0.1) is 27.7 Å². The van der Waals surface area contributed by atoms with Crippen molar-refractivity contribution in [3.63, 3.8) is 0 Å². The van der Waals surface area contributed by atoms with Crippen LogP contribution in [0.4, 0.5) is 56.9 Å². The Hall–Kier alpha value is -11.7. The average molecular weight is 1250 g/mol. The highest BCUT2D eigenvalue weighted by Crippen LogP contribution is 2.44. The maximum Gasteiger partial charge on any atom is 0.0494 e. The molecule has 0 heterocycles. The van der Waals surface area contributed by atoms with Gasteiger partial charge in [0.05, 0.1) is 0 Å². The Morgan fingerprint density at radius 2 is 0.479 bits per heavy atom. The average Bonchev–Trinajstić information content (AvgIpc) is 0.721. The zero-order valence-electron chi connectivity index (χ0n) is 56.6. The minimum atomic E-state index is 1.20. The molecule has 0 aliphatic heterocycles. The molecule has 0 saturated carbocycles. The molecule has 0 amide bonds. The minimum absolute atomic E-state index is 1.20. The fourth-order valence-corrected chi connectivity index (χ4v) is 12.7. The zero-order chi connectivity index (χ0) is 66.5. The van der Waals surface area contributed by atoms with Crippen LogP contribution in [-0.2, 0) is 0 Å². The van der Waals surface area contributed by atoms with E-state index in [1.54, 1.807) is 0 Å². The van der Waals surface area contributed by atoms with E-state index in [2.05, 4.69) is 415 Å². The van der Waals surface area contributed by atoms with Crippen LogP contribution in [0.2, 0.25) is 0 Å². The van der Waals surface area contributed by atoms with Gasteiger partial charge in [-0.25, -0.2) is 0 Å². The fraction of sp³-hybridized carbons (Fsp3) is 0.0989. The third-order valence-corrected chi connectivity index (χ3v) is 18.2. The molecule has 0 atom stereocenters. The first-order valence-electron chi connectivity index (χ1n) is 33.0. The number of para-hydroxylation sites is 4. The molecule has 16 aromatic carbocycles. The Kier molecular flexibility index (Phi) is 20.1. The number of aryl methyl sites for hydroxylation is 4. The van der Waals surface area contributed by atoms with Crippen LogP contribution in [0.5, 0.6) is 0 Å². The second-order valence-corrected chi connectivity index (χ2v) is 24.7. The van der Waals surface area contributed by atoms with Crippen LogP contribution in [0.3, 0.4) is 0 Å². The number of hydrogen-bond donors (Lipinski definition) is 0. The van der Waals surface area contributed by atoms with Gasteiger partial charge in [-0.15, -0.1) is 0 Å². The van der Waals surface area contributed by atoms with E-state index >= 15 is 0 Å². The highest BCUT2D eigenvalue weighted by molar-refractivity contribution is 6.34. The second-order valence-electron chi connectivity index (χ2n) is 24.7. The van der Waals surface area contributed by atoms with E-state index in [0.29, 0.717) is 0 Å². The quantitative estimate of drug-likeness (QED) is 0.0999. The summed E-state index contributed by atoms with van der Waals surface area (Å²) in [5.74, 6) is 0. The number of rotatable bonds is 10. The lowest BCUT2D eigenvalue weighted by Crippen LogP contribution is -2.09. The topological polar surface area (TPSA) is 16.2 Å². The van der Waals surface area contributed by atoms with E-state index in [1.807, 2.05) is 12.1 Å². The highest BCUT2D eigenvalue weighted by Gasteiger charge is 2.17. The van der Waals surface area contributed by atoms with Gasteiger partial charge in [-0.3, -0.25) is 0 Å². The van der Waals surface area contributed by atoms with E-state index in [-0.39, 0.29) is 0 Å². The van der Waals surface area contributed by atoms with Gasteiger partial charge in [0.1, 0.15) is 0 Å². The van der Waals surface area contributed by atoms with Gasteiger partial charge in [-0.05, 0) is 196 Å². The first kappa shape index (κ1) is 64.4. The molecule has 0 aliphatic rings. The van der Waals surface area contributed by atoms with E-state index < -0.39 is 0 Å². The molecular formula is C91H83N5. The first-order valence-corrected chi connectivity index (χ1v) is 33.0. The second kappa shape index (κ2) is 30.0. The molecule has 0 radical (unpaired) electrons. The molecule has 0 N–H and O–H groups in total. The Bertz CT molecular complexity index is 5060. The number of fused-ring (bicyclic) bond motifs is 5. The molecule has 0 saturated heterocycles. The molecular weight excluding hydrogens is 1160 g/mol. The summed E-state index contributed by atoms with van der Waals surface area (Å²) in [6.45, 7) is 8.43. The molecule has 0 unspecified atom stereocenters.